The molecule has 1 amide bonds. The van der Waals surface area contributed by atoms with E-state index in [0.717, 1.165) is 6.42 Å². The second-order valence-corrected chi connectivity index (χ2v) is 6.78. The Kier molecular flexibility index (Phi) is 4.68. The van der Waals surface area contributed by atoms with Crippen LogP contribution in [0.2, 0.25) is 0 Å². The van der Waals surface area contributed by atoms with E-state index in [9.17, 15) is 14.3 Å². The van der Waals surface area contributed by atoms with Gasteiger partial charge in [-0.2, -0.15) is 0 Å². The number of aromatic nitrogens is 2. The number of halogens is 1. The third-order valence-electron chi connectivity index (χ3n) is 4.83. The van der Waals surface area contributed by atoms with Gasteiger partial charge >= 0.3 is 6.09 Å². The molecule has 1 aliphatic heterocycles. The van der Waals surface area contributed by atoms with Gasteiger partial charge in [0, 0.05) is 24.4 Å². The number of phenolic OH excluding ortho intramolecular Hbond substituents is 1. The molecule has 144 valence electrons. The fourth-order valence-electron chi connectivity index (χ4n) is 3.47. The number of phenols is 1. The number of amides is 1. The van der Waals surface area contributed by atoms with Gasteiger partial charge < -0.3 is 20.5 Å². The molecule has 3 aromatic rings. The minimum absolute atomic E-state index is 0.0732. The lowest BCUT2D eigenvalue weighted by atomic mass is 10.1. The molecule has 2 aromatic carbocycles. The van der Waals surface area contributed by atoms with Crippen LogP contribution in [0.3, 0.4) is 0 Å². The lowest BCUT2D eigenvalue weighted by molar-refractivity contribution is 0.140. The van der Waals surface area contributed by atoms with Crippen LogP contribution in [-0.2, 0) is 4.74 Å². The first-order valence-electron chi connectivity index (χ1n) is 8.94. The number of hydrogen-bond acceptors (Lipinski definition) is 6. The van der Waals surface area contributed by atoms with E-state index in [1.54, 1.807) is 30.3 Å². The van der Waals surface area contributed by atoms with E-state index >= 15 is 0 Å². The molecule has 1 aromatic heterocycles. The maximum atomic E-state index is 13.9. The number of hydrogen-bond donors (Lipinski definition) is 2. The standard InChI is InChI=1S/C20H19FN4O3/c21-13-5-6-16-15(9-13)19(25-8-7-12(10-25)11-28-20(22)27)24-18(23-16)14-3-1-2-4-17(14)26/h1-6,9,12,26H,7-8,10-11H2,(H2,22,27)/t12-/m0/s1. The van der Waals surface area contributed by atoms with E-state index in [0.29, 0.717) is 41.2 Å². The largest absolute Gasteiger partial charge is 0.507 e. The Morgan fingerprint density at radius 2 is 2.11 bits per heavy atom. The molecular weight excluding hydrogens is 363 g/mol. The maximum absolute atomic E-state index is 13.9. The van der Waals surface area contributed by atoms with E-state index in [2.05, 4.69) is 9.97 Å². The number of fused-ring (bicyclic) bond motifs is 1. The van der Waals surface area contributed by atoms with Gasteiger partial charge in [0.15, 0.2) is 5.82 Å². The molecule has 0 radical (unpaired) electrons. The number of carbonyl (C=O) groups is 1. The van der Waals surface area contributed by atoms with Crippen LogP contribution in [0, 0.1) is 11.7 Å². The molecule has 1 aliphatic rings. The molecule has 1 saturated heterocycles. The molecule has 0 bridgehead atoms. The number of ether oxygens (including phenoxy) is 1. The fraction of sp³-hybridized carbons (Fsp3) is 0.250. The number of anilines is 1. The molecule has 1 atom stereocenters. The van der Waals surface area contributed by atoms with Crippen LogP contribution < -0.4 is 10.6 Å². The van der Waals surface area contributed by atoms with Crippen LogP contribution in [0.15, 0.2) is 42.5 Å². The SMILES string of the molecule is NC(=O)OC[C@H]1CCN(c2nc(-c3ccccc3O)nc3ccc(F)cc23)C1. The monoisotopic (exact) mass is 382 g/mol. The van der Waals surface area contributed by atoms with Crippen LogP contribution in [-0.4, -0.2) is 40.9 Å². The quantitative estimate of drug-likeness (QED) is 0.719. The Bertz CT molecular complexity index is 1040. The smallest absolute Gasteiger partial charge is 0.404 e. The summed E-state index contributed by atoms with van der Waals surface area (Å²) in [6, 6.07) is 11.2. The molecule has 2 heterocycles. The third kappa shape index (κ3) is 3.53. The minimum Gasteiger partial charge on any atom is -0.507 e. The van der Waals surface area contributed by atoms with Gasteiger partial charge in [0.1, 0.15) is 17.4 Å². The molecular formula is C20H19FN4O3. The summed E-state index contributed by atoms with van der Waals surface area (Å²) < 4.78 is 18.8. The van der Waals surface area contributed by atoms with Crippen molar-refractivity contribution < 1.29 is 19.0 Å². The van der Waals surface area contributed by atoms with Crippen molar-refractivity contribution in [2.24, 2.45) is 11.7 Å². The minimum atomic E-state index is -0.796. The summed E-state index contributed by atoms with van der Waals surface area (Å²) in [5.74, 6) is 0.762. The molecule has 7 nitrogen and oxygen atoms in total. The maximum Gasteiger partial charge on any atom is 0.404 e. The normalized spacial score (nSPS) is 16.5. The van der Waals surface area contributed by atoms with Gasteiger partial charge in [0.05, 0.1) is 17.7 Å². The van der Waals surface area contributed by atoms with Crippen LogP contribution in [0.4, 0.5) is 15.0 Å². The number of rotatable bonds is 4. The van der Waals surface area contributed by atoms with Crippen molar-refractivity contribution >= 4 is 22.8 Å². The highest BCUT2D eigenvalue weighted by Gasteiger charge is 2.27. The highest BCUT2D eigenvalue weighted by atomic mass is 19.1. The highest BCUT2D eigenvalue weighted by molar-refractivity contribution is 5.91. The molecule has 0 aliphatic carbocycles. The van der Waals surface area contributed by atoms with Crippen molar-refractivity contribution in [3.8, 4) is 17.1 Å². The summed E-state index contributed by atoms with van der Waals surface area (Å²) in [5.41, 5.74) is 6.13. The zero-order chi connectivity index (χ0) is 19.7. The Labute approximate surface area is 160 Å². The van der Waals surface area contributed by atoms with Crippen molar-refractivity contribution in [1.82, 2.24) is 9.97 Å². The lowest BCUT2D eigenvalue weighted by Crippen LogP contribution is -2.24. The molecule has 1 fully saturated rings. The first-order valence-corrected chi connectivity index (χ1v) is 8.94. The molecule has 28 heavy (non-hydrogen) atoms. The molecule has 3 N–H and O–H groups in total. The lowest BCUT2D eigenvalue weighted by Gasteiger charge is -2.20. The number of primary amides is 1. The van der Waals surface area contributed by atoms with Gasteiger partial charge in [0.25, 0.3) is 0 Å². The first-order chi connectivity index (χ1) is 13.5. The van der Waals surface area contributed by atoms with E-state index in [1.165, 1.54) is 12.1 Å². The molecule has 8 heteroatoms. The van der Waals surface area contributed by atoms with E-state index in [1.807, 2.05) is 4.90 Å². The number of benzene rings is 2. The van der Waals surface area contributed by atoms with E-state index < -0.39 is 6.09 Å². The summed E-state index contributed by atoms with van der Waals surface area (Å²) in [6.45, 7) is 1.50. The second kappa shape index (κ2) is 7.30. The number of para-hydroxylation sites is 1. The number of aromatic hydroxyl groups is 1. The topological polar surface area (TPSA) is 102 Å². The Hall–Kier alpha value is -3.42. The van der Waals surface area contributed by atoms with Crippen molar-refractivity contribution in [2.75, 3.05) is 24.6 Å². The molecule has 4 rings (SSSR count). The fourth-order valence-corrected chi connectivity index (χ4v) is 3.47. The zero-order valence-electron chi connectivity index (χ0n) is 15.0. The summed E-state index contributed by atoms with van der Waals surface area (Å²) >= 11 is 0. The van der Waals surface area contributed by atoms with E-state index in [-0.39, 0.29) is 24.1 Å². The average Bonchev–Trinajstić information content (AvgIpc) is 3.15. The van der Waals surface area contributed by atoms with Crippen LogP contribution in [0.25, 0.3) is 22.3 Å². The van der Waals surface area contributed by atoms with E-state index in [4.69, 9.17) is 10.5 Å². The van der Waals surface area contributed by atoms with Gasteiger partial charge in [-0.15, -0.1) is 0 Å². The number of nitrogens with zero attached hydrogens (tertiary/aromatic N) is 3. The van der Waals surface area contributed by atoms with Gasteiger partial charge in [-0.1, -0.05) is 12.1 Å². The Balaban J connectivity index is 1.75. The number of carbonyl (C=O) groups excluding carboxylic acids is 1. The van der Waals surface area contributed by atoms with Gasteiger partial charge in [0.2, 0.25) is 0 Å². The predicted molar refractivity (Wildman–Crippen MR) is 102 cm³/mol. The summed E-state index contributed by atoms with van der Waals surface area (Å²) in [4.78, 5) is 22.0. The predicted octanol–water partition coefficient (Wildman–Crippen LogP) is 3.06. The third-order valence-corrected chi connectivity index (χ3v) is 4.83. The van der Waals surface area contributed by atoms with Crippen LogP contribution in [0.5, 0.6) is 5.75 Å². The van der Waals surface area contributed by atoms with Crippen molar-refractivity contribution in [2.45, 2.75) is 6.42 Å². The first kappa shape index (κ1) is 18.0. The number of nitrogens with two attached hydrogens (primary N) is 1. The molecule has 0 saturated carbocycles. The van der Waals surface area contributed by atoms with Crippen molar-refractivity contribution in [3.63, 3.8) is 0 Å². The van der Waals surface area contributed by atoms with Crippen molar-refractivity contribution in [3.05, 3.63) is 48.3 Å². The zero-order valence-corrected chi connectivity index (χ0v) is 15.0. The Morgan fingerprint density at radius 1 is 1.29 bits per heavy atom. The van der Waals surface area contributed by atoms with Gasteiger partial charge in [-0.3, -0.25) is 0 Å². The van der Waals surface area contributed by atoms with Crippen molar-refractivity contribution in [1.29, 1.82) is 0 Å². The highest BCUT2D eigenvalue weighted by Crippen LogP contribution is 2.33. The summed E-state index contributed by atoms with van der Waals surface area (Å²) in [6.07, 6.45) is -0.00476. The van der Waals surface area contributed by atoms with Gasteiger partial charge in [-0.05, 0) is 36.8 Å². The van der Waals surface area contributed by atoms with Crippen LogP contribution in [0.1, 0.15) is 6.42 Å². The molecule has 0 unspecified atom stereocenters. The molecule has 0 spiro atoms. The van der Waals surface area contributed by atoms with Gasteiger partial charge in [-0.25, -0.2) is 19.2 Å². The second-order valence-electron chi connectivity index (χ2n) is 6.78. The average molecular weight is 382 g/mol. The Morgan fingerprint density at radius 3 is 2.89 bits per heavy atom. The van der Waals surface area contributed by atoms with Crippen LogP contribution >= 0.6 is 0 Å². The summed E-state index contributed by atoms with van der Waals surface area (Å²) in [5, 5.41) is 10.8. The summed E-state index contributed by atoms with van der Waals surface area (Å²) in [7, 11) is 0.